The van der Waals surface area contributed by atoms with Gasteiger partial charge in [0.25, 0.3) is 0 Å². The average Bonchev–Trinajstić information content (AvgIpc) is 2.90. The van der Waals surface area contributed by atoms with Crippen LogP contribution in [-0.2, 0) is 6.54 Å². The van der Waals surface area contributed by atoms with Gasteiger partial charge < -0.3 is 14.6 Å². The Morgan fingerprint density at radius 3 is 2.58 bits per heavy atom. The van der Waals surface area contributed by atoms with Crippen LogP contribution >= 0.6 is 0 Å². The molecule has 1 N–H and O–H groups in total. The Kier molecular flexibility index (Phi) is 3.70. The van der Waals surface area contributed by atoms with Crippen LogP contribution in [0.1, 0.15) is 15.9 Å². The molecule has 0 bridgehead atoms. The van der Waals surface area contributed by atoms with E-state index in [-0.39, 0.29) is 11.3 Å². The van der Waals surface area contributed by atoms with Crippen LogP contribution in [-0.4, -0.2) is 35.1 Å². The number of ether oxygens (including phenoxy) is 2. The van der Waals surface area contributed by atoms with Gasteiger partial charge in [0, 0.05) is 18.0 Å². The Morgan fingerprint density at radius 1 is 1.32 bits per heavy atom. The molecule has 1 aromatic carbocycles. The van der Waals surface area contributed by atoms with E-state index in [2.05, 4.69) is 5.10 Å². The molecule has 0 spiro atoms. The highest BCUT2D eigenvalue weighted by Gasteiger charge is 2.19. The maximum atomic E-state index is 11.1. The highest BCUT2D eigenvalue weighted by Crippen LogP contribution is 2.35. The predicted octanol–water partition coefficient (Wildman–Crippen LogP) is 1.65. The molecule has 0 saturated carbocycles. The van der Waals surface area contributed by atoms with Gasteiger partial charge in [-0.3, -0.25) is 4.68 Å². The lowest BCUT2D eigenvalue weighted by Crippen LogP contribution is -2.07. The molecular weight excluding hydrogens is 248 g/mol. The lowest BCUT2D eigenvalue weighted by Gasteiger charge is -2.14. The number of carbonyl (C=O) groups is 1. The molecule has 0 aliphatic heterocycles. The van der Waals surface area contributed by atoms with Crippen molar-refractivity contribution in [1.82, 2.24) is 9.78 Å². The van der Waals surface area contributed by atoms with Gasteiger partial charge in [-0.1, -0.05) is 6.07 Å². The number of benzene rings is 1. The smallest absolute Gasteiger partial charge is 0.339 e. The summed E-state index contributed by atoms with van der Waals surface area (Å²) < 4.78 is 12.2. The fourth-order valence-electron chi connectivity index (χ4n) is 1.89. The van der Waals surface area contributed by atoms with Crippen molar-refractivity contribution in [2.45, 2.75) is 6.54 Å². The Balaban J connectivity index is 2.47. The van der Waals surface area contributed by atoms with E-state index >= 15 is 0 Å². The highest BCUT2D eigenvalue weighted by molar-refractivity contribution is 5.92. The first-order valence-electron chi connectivity index (χ1n) is 5.62. The van der Waals surface area contributed by atoms with Gasteiger partial charge >= 0.3 is 5.97 Å². The summed E-state index contributed by atoms with van der Waals surface area (Å²) in [5, 5.41) is 13.2. The van der Waals surface area contributed by atoms with Gasteiger partial charge in [0.2, 0.25) is 0 Å². The Hall–Kier alpha value is -2.50. The van der Waals surface area contributed by atoms with Crippen LogP contribution in [0.3, 0.4) is 0 Å². The number of methoxy groups -OCH3 is 2. The third-order valence-corrected chi connectivity index (χ3v) is 2.72. The summed E-state index contributed by atoms with van der Waals surface area (Å²) in [5.74, 6) is -0.418. The summed E-state index contributed by atoms with van der Waals surface area (Å²) in [7, 11) is 2.90. The number of hydrogen-bond acceptors (Lipinski definition) is 4. The largest absolute Gasteiger partial charge is 0.492 e. The molecule has 0 amide bonds. The Labute approximate surface area is 110 Å². The molecule has 0 saturated heterocycles. The molecule has 6 heteroatoms. The standard InChI is InChI=1S/C13H14N2O4/c1-18-11-9(8-15-7-3-6-14-15)4-5-10(13(16)17)12(11)19-2/h3-7H,8H2,1-2H3,(H,16,17). The number of carboxylic acids is 1. The van der Waals surface area contributed by atoms with E-state index in [1.165, 1.54) is 20.3 Å². The Morgan fingerprint density at radius 2 is 2.05 bits per heavy atom. The van der Waals surface area contributed by atoms with E-state index in [1.807, 2.05) is 12.3 Å². The first-order chi connectivity index (χ1) is 9.17. The Bertz CT molecular complexity index is 579. The van der Waals surface area contributed by atoms with Gasteiger partial charge in [-0.25, -0.2) is 4.79 Å². The van der Waals surface area contributed by atoms with Crippen molar-refractivity contribution in [3.63, 3.8) is 0 Å². The van der Waals surface area contributed by atoms with Crippen LogP contribution in [0.5, 0.6) is 11.5 Å². The molecule has 0 radical (unpaired) electrons. The third-order valence-electron chi connectivity index (χ3n) is 2.72. The summed E-state index contributed by atoms with van der Waals surface area (Å²) in [5.41, 5.74) is 0.872. The quantitative estimate of drug-likeness (QED) is 0.886. The zero-order valence-corrected chi connectivity index (χ0v) is 10.7. The molecule has 0 atom stereocenters. The number of carboxylic acid groups (broad SMARTS) is 1. The summed E-state index contributed by atoms with van der Waals surface area (Å²) in [6.07, 6.45) is 3.49. The normalized spacial score (nSPS) is 10.2. The first kappa shape index (κ1) is 12.9. The molecule has 1 aromatic heterocycles. The van der Waals surface area contributed by atoms with Crippen LogP contribution in [0.15, 0.2) is 30.6 Å². The van der Waals surface area contributed by atoms with Crippen LogP contribution in [0.4, 0.5) is 0 Å². The lowest BCUT2D eigenvalue weighted by molar-refractivity contribution is 0.0692. The maximum Gasteiger partial charge on any atom is 0.339 e. The molecule has 0 unspecified atom stereocenters. The topological polar surface area (TPSA) is 73.6 Å². The summed E-state index contributed by atoms with van der Waals surface area (Å²) in [4.78, 5) is 11.1. The molecule has 0 aliphatic carbocycles. The van der Waals surface area contributed by atoms with Gasteiger partial charge in [-0.05, 0) is 12.1 Å². The predicted molar refractivity (Wildman–Crippen MR) is 67.8 cm³/mol. The van der Waals surface area contributed by atoms with Crippen molar-refractivity contribution < 1.29 is 19.4 Å². The molecule has 1 heterocycles. The van der Waals surface area contributed by atoms with E-state index in [4.69, 9.17) is 14.6 Å². The van der Waals surface area contributed by atoms with Gasteiger partial charge in [0.1, 0.15) is 5.56 Å². The zero-order chi connectivity index (χ0) is 13.8. The average molecular weight is 262 g/mol. The summed E-state index contributed by atoms with van der Waals surface area (Å²) in [6.45, 7) is 0.479. The van der Waals surface area contributed by atoms with E-state index in [0.29, 0.717) is 12.3 Å². The van der Waals surface area contributed by atoms with Gasteiger partial charge in [-0.15, -0.1) is 0 Å². The molecule has 2 rings (SSSR count). The van der Waals surface area contributed by atoms with Gasteiger partial charge in [0.15, 0.2) is 11.5 Å². The molecule has 0 aliphatic rings. The molecule has 2 aromatic rings. The van der Waals surface area contributed by atoms with Crippen molar-refractivity contribution in [3.05, 3.63) is 41.7 Å². The number of rotatable bonds is 5. The molecule has 100 valence electrons. The van der Waals surface area contributed by atoms with Crippen LogP contribution in [0, 0.1) is 0 Å². The number of hydrogen-bond donors (Lipinski definition) is 1. The first-order valence-corrected chi connectivity index (χ1v) is 5.62. The van der Waals surface area contributed by atoms with Crippen molar-refractivity contribution in [3.8, 4) is 11.5 Å². The highest BCUT2D eigenvalue weighted by atomic mass is 16.5. The number of nitrogens with zero attached hydrogens (tertiary/aromatic N) is 2. The van der Waals surface area contributed by atoms with E-state index in [0.717, 1.165) is 5.56 Å². The van der Waals surface area contributed by atoms with Crippen LogP contribution < -0.4 is 9.47 Å². The molecule has 6 nitrogen and oxygen atoms in total. The molecule has 0 fully saturated rings. The second kappa shape index (κ2) is 5.43. The summed E-state index contributed by atoms with van der Waals surface area (Å²) in [6, 6.07) is 5.02. The fraction of sp³-hybridized carbons (Fsp3) is 0.231. The van der Waals surface area contributed by atoms with E-state index in [1.54, 1.807) is 16.9 Å². The number of aromatic nitrogens is 2. The zero-order valence-electron chi connectivity index (χ0n) is 10.7. The molecule has 19 heavy (non-hydrogen) atoms. The minimum Gasteiger partial charge on any atom is -0.492 e. The van der Waals surface area contributed by atoms with Gasteiger partial charge in [-0.2, -0.15) is 5.10 Å². The van der Waals surface area contributed by atoms with Crippen molar-refractivity contribution in [2.75, 3.05) is 14.2 Å². The minimum atomic E-state index is -1.05. The maximum absolute atomic E-state index is 11.1. The van der Waals surface area contributed by atoms with Crippen molar-refractivity contribution in [2.24, 2.45) is 0 Å². The SMILES string of the molecule is COc1c(Cn2cccn2)ccc(C(=O)O)c1OC. The second-order valence-corrected chi connectivity index (χ2v) is 3.85. The fourth-order valence-corrected chi connectivity index (χ4v) is 1.89. The monoisotopic (exact) mass is 262 g/mol. The van der Waals surface area contributed by atoms with Crippen LogP contribution in [0.25, 0.3) is 0 Å². The van der Waals surface area contributed by atoms with Gasteiger partial charge in [0.05, 0.1) is 20.8 Å². The number of aromatic carboxylic acids is 1. The van der Waals surface area contributed by atoms with Crippen LogP contribution in [0.2, 0.25) is 0 Å². The van der Waals surface area contributed by atoms with E-state index < -0.39 is 5.97 Å². The second-order valence-electron chi connectivity index (χ2n) is 3.85. The molecular formula is C13H14N2O4. The minimum absolute atomic E-state index is 0.0727. The van der Waals surface area contributed by atoms with Crippen molar-refractivity contribution >= 4 is 5.97 Å². The summed E-state index contributed by atoms with van der Waals surface area (Å²) >= 11 is 0. The van der Waals surface area contributed by atoms with E-state index in [9.17, 15) is 4.79 Å². The van der Waals surface area contributed by atoms with Crippen molar-refractivity contribution in [1.29, 1.82) is 0 Å². The lowest BCUT2D eigenvalue weighted by atomic mass is 10.1. The third kappa shape index (κ3) is 2.52.